The zero-order valence-corrected chi connectivity index (χ0v) is 15.4. The van der Waals surface area contributed by atoms with Crippen LogP contribution in [0, 0.1) is 17.6 Å². The lowest BCUT2D eigenvalue weighted by atomic mass is 9.76. The fourth-order valence-electron chi connectivity index (χ4n) is 4.71. The normalized spacial score (nSPS) is 28.3. The first-order valence-electron chi connectivity index (χ1n) is 9.09. The maximum Gasteiger partial charge on any atom is 0.200 e. The molecule has 2 aliphatic rings. The molecule has 4 rings (SSSR count). The van der Waals surface area contributed by atoms with Crippen LogP contribution in [0.25, 0.3) is 0 Å². The first-order valence-corrected chi connectivity index (χ1v) is 9.46. The second kappa shape index (κ2) is 7.16. The lowest BCUT2D eigenvalue weighted by Crippen LogP contribution is -2.47. The van der Waals surface area contributed by atoms with Crippen LogP contribution in [0.5, 0.6) is 5.75 Å². The van der Waals surface area contributed by atoms with Crippen molar-refractivity contribution >= 4 is 11.6 Å². The minimum absolute atomic E-state index is 0.0161. The summed E-state index contributed by atoms with van der Waals surface area (Å²) in [5.41, 5.74) is 1.20. The van der Waals surface area contributed by atoms with Gasteiger partial charge in [-0.15, -0.1) is 0 Å². The molecule has 0 N–H and O–H groups in total. The molecule has 2 fully saturated rings. The number of fused-ring (bicyclic) bond motifs is 2. The van der Waals surface area contributed by atoms with Gasteiger partial charge in [-0.3, -0.25) is 0 Å². The lowest BCUT2D eigenvalue weighted by molar-refractivity contribution is 0.0652. The zero-order chi connectivity index (χ0) is 18.3. The Balaban J connectivity index is 1.60. The average Bonchev–Trinajstić information content (AvgIpc) is 2.87. The molecule has 4 atom stereocenters. The highest BCUT2D eigenvalue weighted by Gasteiger charge is 2.46. The third kappa shape index (κ3) is 3.21. The molecule has 0 aliphatic carbocycles. The van der Waals surface area contributed by atoms with Gasteiger partial charge in [0.1, 0.15) is 0 Å². The number of rotatable bonds is 4. The predicted molar refractivity (Wildman–Crippen MR) is 98.7 cm³/mol. The topological polar surface area (TPSA) is 12.5 Å². The van der Waals surface area contributed by atoms with Crippen LogP contribution in [-0.4, -0.2) is 30.6 Å². The van der Waals surface area contributed by atoms with Crippen molar-refractivity contribution in [3.05, 3.63) is 64.7 Å². The van der Waals surface area contributed by atoms with Gasteiger partial charge < -0.3 is 9.64 Å². The summed E-state index contributed by atoms with van der Waals surface area (Å²) in [6.45, 7) is 0.360. The molecular formula is C21H22ClF2NO. The van der Waals surface area contributed by atoms with E-state index in [0.29, 0.717) is 24.6 Å². The lowest BCUT2D eigenvalue weighted by Gasteiger charge is -2.43. The minimum Gasteiger partial charge on any atom is -0.490 e. The molecule has 2 heterocycles. The van der Waals surface area contributed by atoms with E-state index in [1.54, 1.807) is 0 Å². The Labute approximate surface area is 157 Å². The molecule has 0 radical (unpaired) electrons. The summed E-state index contributed by atoms with van der Waals surface area (Å²) in [6.07, 6.45) is 3.31. The summed E-state index contributed by atoms with van der Waals surface area (Å²) >= 11 is 6.21. The second-order valence-electron chi connectivity index (χ2n) is 7.39. The van der Waals surface area contributed by atoms with E-state index >= 15 is 0 Å². The van der Waals surface area contributed by atoms with Gasteiger partial charge in [0.25, 0.3) is 0 Å². The van der Waals surface area contributed by atoms with Gasteiger partial charge in [-0.05, 0) is 62.1 Å². The van der Waals surface area contributed by atoms with Crippen LogP contribution >= 0.6 is 11.6 Å². The van der Waals surface area contributed by atoms with Crippen LogP contribution in [-0.2, 0) is 0 Å². The van der Waals surface area contributed by atoms with Gasteiger partial charge in [0.2, 0.25) is 5.82 Å². The van der Waals surface area contributed by atoms with E-state index in [1.807, 2.05) is 18.2 Å². The molecule has 2 bridgehead atoms. The molecule has 0 aromatic heterocycles. The van der Waals surface area contributed by atoms with Crippen LogP contribution in [0.2, 0.25) is 5.02 Å². The molecule has 2 unspecified atom stereocenters. The van der Waals surface area contributed by atoms with Gasteiger partial charge >= 0.3 is 0 Å². The standard InChI is InChI=1S/C21H22ClF2NO/c1-25-15-8-9-19(25)17(12-26-20-7-3-6-18(23)21(20)24)16(11-15)13-4-2-5-14(22)10-13/h2-7,10,15-17,19H,8-9,11-12H2,1H3/t15?,16-,17-,19?/m1/s1. The highest BCUT2D eigenvalue weighted by molar-refractivity contribution is 6.30. The minimum atomic E-state index is -0.916. The predicted octanol–water partition coefficient (Wildman–Crippen LogP) is 5.26. The maximum absolute atomic E-state index is 14.0. The molecule has 138 valence electrons. The van der Waals surface area contributed by atoms with Gasteiger partial charge in [-0.25, -0.2) is 4.39 Å². The quantitative estimate of drug-likeness (QED) is 0.720. The van der Waals surface area contributed by atoms with E-state index in [4.69, 9.17) is 16.3 Å². The number of hydrogen-bond donors (Lipinski definition) is 0. The van der Waals surface area contributed by atoms with Crippen molar-refractivity contribution in [3.8, 4) is 5.75 Å². The van der Waals surface area contributed by atoms with E-state index in [0.717, 1.165) is 23.9 Å². The van der Waals surface area contributed by atoms with Gasteiger partial charge in [0, 0.05) is 23.0 Å². The molecule has 2 nitrogen and oxygen atoms in total. The largest absolute Gasteiger partial charge is 0.490 e. The number of halogens is 3. The van der Waals surface area contributed by atoms with Gasteiger partial charge in [-0.1, -0.05) is 29.8 Å². The van der Waals surface area contributed by atoms with Crippen LogP contribution in [0.4, 0.5) is 8.78 Å². The first kappa shape index (κ1) is 17.7. The van der Waals surface area contributed by atoms with Crippen molar-refractivity contribution in [1.29, 1.82) is 0 Å². The molecule has 5 heteroatoms. The molecular weight excluding hydrogens is 356 g/mol. The van der Waals surface area contributed by atoms with E-state index < -0.39 is 11.6 Å². The molecule has 0 saturated carbocycles. The van der Waals surface area contributed by atoms with Gasteiger partial charge in [0.15, 0.2) is 11.6 Å². The fraction of sp³-hybridized carbons (Fsp3) is 0.429. The second-order valence-corrected chi connectivity index (χ2v) is 7.82. The summed E-state index contributed by atoms with van der Waals surface area (Å²) in [4.78, 5) is 2.43. The first-order chi connectivity index (χ1) is 12.5. The van der Waals surface area contributed by atoms with E-state index in [9.17, 15) is 8.78 Å². The van der Waals surface area contributed by atoms with Gasteiger partial charge in [0.05, 0.1) is 6.61 Å². The summed E-state index contributed by atoms with van der Waals surface area (Å²) in [7, 11) is 2.16. The van der Waals surface area contributed by atoms with Crippen LogP contribution < -0.4 is 4.74 Å². The van der Waals surface area contributed by atoms with Crippen molar-refractivity contribution in [2.24, 2.45) is 5.92 Å². The monoisotopic (exact) mass is 377 g/mol. The van der Waals surface area contributed by atoms with E-state index in [2.05, 4.69) is 18.0 Å². The molecule has 2 saturated heterocycles. The molecule has 2 aliphatic heterocycles. The summed E-state index contributed by atoms with van der Waals surface area (Å²) in [6, 6.07) is 13.0. The van der Waals surface area contributed by atoms with E-state index in [-0.39, 0.29) is 11.7 Å². The number of ether oxygens (including phenoxy) is 1. The third-order valence-corrected chi connectivity index (χ3v) is 6.29. The van der Waals surface area contributed by atoms with Gasteiger partial charge in [-0.2, -0.15) is 4.39 Å². The Morgan fingerprint density at radius 1 is 1.15 bits per heavy atom. The number of benzene rings is 2. The third-order valence-electron chi connectivity index (χ3n) is 6.06. The highest BCUT2D eigenvalue weighted by atomic mass is 35.5. The van der Waals surface area contributed by atoms with Crippen LogP contribution in [0.15, 0.2) is 42.5 Å². The summed E-state index contributed by atoms with van der Waals surface area (Å²) < 4.78 is 33.2. The Morgan fingerprint density at radius 2 is 1.96 bits per heavy atom. The zero-order valence-electron chi connectivity index (χ0n) is 14.7. The number of nitrogens with zero attached hydrogens (tertiary/aromatic N) is 1. The number of hydrogen-bond acceptors (Lipinski definition) is 2. The smallest absolute Gasteiger partial charge is 0.200 e. The Hall–Kier alpha value is -1.65. The maximum atomic E-state index is 14.0. The number of piperidine rings is 1. The Kier molecular flexibility index (Phi) is 4.89. The van der Waals surface area contributed by atoms with Crippen LogP contribution in [0.3, 0.4) is 0 Å². The Bertz CT molecular complexity index is 799. The summed E-state index contributed by atoms with van der Waals surface area (Å²) in [5.74, 6) is -1.30. The van der Waals surface area contributed by atoms with Crippen molar-refractivity contribution in [2.45, 2.75) is 37.3 Å². The summed E-state index contributed by atoms with van der Waals surface area (Å²) in [5, 5.41) is 0.726. The SMILES string of the molecule is CN1C2CCC1[C@H](COc1cccc(F)c1F)[C@@H](c1cccc(Cl)c1)C2. The highest BCUT2D eigenvalue weighted by Crippen LogP contribution is 2.46. The van der Waals surface area contributed by atoms with E-state index in [1.165, 1.54) is 24.1 Å². The average molecular weight is 378 g/mol. The Morgan fingerprint density at radius 3 is 2.77 bits per heavy atom. The molecule has 2 aromatic rings. The molecule has 0 spiro atoms. The van der Waals surface area contributed by atoms with Crippen molar-refractivity contribution in [2.75, 3.05) is 13.7 Å². The van der Waals surface area contributed by atoms with Crippen molar-refractivity contribution in [1.82, 2.24) is 4.90 Å². The van der Waals surface area contributed by atoms with Crippen molar-refractivity contribution in [3.63, 3.8) is 0 Å². The molecule has 26 heavy (non-hydrogen) atoms. The van der Waals surface area contributed by atoms with Crippen LogP contribution in [0.1, 0.15) is 30.7 Å². The molecule has 2 aromatic carbocycles. The fourth-order valence-corrected chi connectivity index (χ4v) is 4.91. The molecule has 0 amide bonds. The van der Waals surface area contributed by atoms with Crippen molar-refractivity contribution < 1.29 is 13.5 Å².